The molecule has 4 rings (SSSR count). The van der Waals surface area contributed by atoms with Crippen LogP contribution in [-0.4, -0.2) is 42.8 Å². The van der Waals surface area contributed by atoms with Crippen molar-refractivity contribution in [2.75, 3.05) is 20.3 Å². The number of benzene rings is 3. The van der Waals surface area contributed by atoms with Gasteiger partial charge in [0, 0.05) is 40.0 Å². The van der Waals surface area contributed by atoms with Gasteiger partial charge in [-0.15, -0.1) is 0 Å². The Balaban J connectivity index is 1.80. The fourth-order valence-corrected chi connectivity index (χ4v) is 4.87. The zero-order valence-electron chi connectivity index (χ0n) is 20.8. The van der Waals surface area contributed by atoms with Gasteiger partial charge in [0.05, 0.1) is 20.3 Å². The number of methoxy groups -OCH3 is 1. The Morgan fingerprint density at radius 2 is 1.84 bits per heavy atom. The molecule has 3 aromatic rings. The maximum absolute atomic E-state index is 13.6. The topological polar surface area (TPSA) is 126 Å². The molecule has 0 bridgehead atoms. The van der Waals surface area contributed by atoms with E-state index >= 15 is 0 Å². The lowest BCUT2D eigenvalue weighted by molar-refractivity contribution is -0.150. The minimum Gasteiger partial charge on any atom is -0.494 e. The van der Waals surface area contributed by atoms with E-state index in [1.807, 2.05) is 60.7 Å². The summed E-state index contributed by atoms with van der Waals surface area (Å²) in [7, 11) is 1.33. The standard InChI is InChI=1S/C28H27BrN4O5/c1-36-27(35)28(17-20-7-2-3-8-21(20)18-31-33-30)25(23-9-4-5-10-24(23)29)38-26(32-28)19-11-13-22(14-12-19)37-16-6-15-34/h2-5,7-14,25,34H,6,15-18H2,1H3/t25-,28-/m1/s1. The number of aliphatic hydroxyl groups is 1. The Kier molecular flexibility index (Phi) is 9.02. The maximum Gasteiger partial charge on any atom is 0.338 e. The molecule has 0 saturated heterocycles. The molecule has 0 saturated carbocycles. The smallest absolute Gasteiger partial charge is 0.338 e. The molecule has 1 N–H and O–H groups in total. The van der Waals surface area contributed by atoms with Crippen LogP contribution in [0.4, 0.5) is 0 Å². The number of hydrogen-bond donors (Lipinski definition) is 1. The lowest BCUT2D eigenvalue weighted by atomic mass is 9.81. The summed E-state index contributed by atoms with van der Waals surface area (Å²) in [4.78, 5) is 21.4. The number of esters is 1. The van der Waals surface area contributed by atoms with Crippen molar-refractivity contribution in [2.24, 2.45) is 10.1 Å². The van der Waals surface area contributed by atoms with E-state index in [0.29, 0.717) is 30.2 Å². The highest BCUT2D eigenvalue weighted by molar-refractivity contribution is 9.10. The fraction of sp³-hybridized carbons (Fsp3) is 0.286. The molecule has 0 amide bonds. The summed E-state index contributed by atoms with van der Waals surface area (Å²) in [5, 5.41) is 12.7. The Labute approximate surface area is 228 Å². The highest BCUT2D eigenvalue weighted by atomic mass is 79.9. The minimum absolute atomic E-state index is 0.0563. The van der Waals surface area contributed by atoms with E-state index in [1.165, 1.54) is 7.11 Å². The summed E-state index contributed by atoms with van der Waals surface area (Å²) in [6, 6.07) is 22.2. The van der Waals surface area contributed by atoms with Crippen molar-refractivity contribution < 1.29 is 24.1 Å². The van der Waals surface area contributed by atoms with Crippen LogP contribution in [0.3, 0.4) is 0 Å². The maximum atomic E-state index is 13.6. The zero-order valence-corrected chi connectivity index (χ0v) is 22.4. The fourth-order valence-electron chi connectivity index (χ4n) is 4.38. The lowest BCUT2D eigenvalue weighted by Crippen LogP contribution is -2.44. The molecular weight excluding hydrogens is 552 g/mol. The van der Waals surface area contributed by atoms with E-state index in [1.54, 1.807) is 12.1 Å². The van der Waals surface area contributed by atoms with Crippen molar-refractivity contribution in [3.63, 3.8) is 0 Å². The van der Waals surface area contributed by atoms with Gasteiger partial charge >= 0.3 is 5.97 Å². The van der Waals surface area contributed by atoms with E-state index < -0.39 is 17.6 Å². The third-order valence-electron chi connectivity index (χ3n) is 6.25. The summed E-state index contributed by atoms with van der Waals surface area (Å²) < 4.78 is 18.2. The van der Waals surface area contributed by atoms with Crippen molar-refractivity contribution in [3.8, 4) is 5.75 Å². The van der Waals surface area contributed by atoms with Crippen LogP contribution in [0.5, 0.6) is 5.75 Å². The van der Waals surface area contributed by atoms with Crippen LogP contribution in [0.15, 0.2) is 87.4 Å². The quantitative estimate of drug-likeness (QED) is 0.103. The number of nitrogens with zero attached hydrogens (tertiary/aromatic N) is 4. The second-order valence-electron chi connectivity index (χ2n) is 8.64. The number of carbonyl (C=O) groups is 1. The number of ether oxygens (including phenoxy) is 3. The molecule has 38 heavy (non-hydrogen) atoms. The summed E-state index contributed by atoms with van der Waals surface area (Å²) in [6.45, 7) is 0.595. The van der Waals surface area contributed by atoms with Crippen molar-refractivity contribution in [2.45, 2.75) is 31.0 Å². The van der Waals surface area contributed by atoms with Gasteiger partial charge in [0.1, 0.15) is 5.75 Å². The van der Waals surface area contributed by atoms with Gasteiger partial charge in [-0.3, -0.25) is 0 Å². The van der Waals surface area contributed by atoms with E-state index in [4.69, 9.17) is 29.8 Å². The first-order valence-corrected chi connectivity index (χ1v) is 12.8. The average Bonchev–Trinajstić information content (AvgIpc) is 3.33. The predicted octanol–water partition coefficient (Wildman–Crippen LogP) is 5.69. The third kappa shape index (κ3) is 5.83. The number of halogens is 1. The van der Waals surface area contributed by atoms with Crippen LogP contribution in [0.1, 0.15) is 34.8 Å². The molecule has 0 fully saturated rings. The first-order chi connectivity index (χ1) is 18.5. The van der Waals surface area contributed by atoms with E-state index in [-0.39, 0.29) is 19.6 Å². The Bertz CT molecular complexity index is 1360. The summed E-state index contributed by atoms with van der Waals surface area (Å²) in [6.07, 6.45) is -0.101. The number of aliphatic imine (C=N–C) groups is 1. The molecule has 9 nitrogen and oxygen atoms in total. The number of carbonyl (C=O) groups excluding carboxylic acids is 1. The average molecular weight is 579 g/mol. The molecule has 1 aliphatic rings. The van der Waals surface area contributed by atoms with Gasteiger partial charge in [0.2, 0.25) is 11.4 Å². The van der Waals surface area contributed by atoms with Crippen molar-refractivity contribution >= 4 is 27.8 Å². The summed E-state index contributed by atoms with van der Waals surface area (Å²) in [5.74, 6) is 0.399. The normalized spacial score (nSPS) is 18.2. The third-order valence-corrected chi connectivity index (χ3v) is 6.97. The van der Waals surface area contributed by atoms with Gasteiger partial charge in [0.15, 0.2) is 6.10 Å². The number of hydrogen-bond acceptors (Lipinski definition) is 7. The molecule has 0 unspecified atom stereocenters. The van der Waals surface area contributed by atoms with Crippen LogP contribution in [0.2, 0.25) is 0 Å². The van der Waals surface area contributed by atoms with Crippen LogP contribution >= 0.6 is 15.9 Å². The van der Waals surface area contributed by atoms with Crippen LogP contribution < -0.4 is 4.74 Å². The van der Waals surface area contributed by atoms with Crippen molar-refractivity contribution in [1.82, 2.24) is 0 Å². The second kappa shape index (κ2) is 12.6. The van der Waals surface area contributed by atoms with Gasteiger partial charge in [0.25, 0.3) is 0 Å². The molecular formula is C28H27BrN4O5. The molecule has 0 radical (unpaired) electrons. The molecule has 0 aromatic heterocycles. The molecule has 2 atom stereocenters. The summed E-state index contributed by atoms with van der Waals surface area (Å²) in [5.41, 5.74) is 10.4. The molecule has 10 heteroatoms. The summed E-state index contributed by atoms with van der Waals surface area (Å²) >= 11 is 3.61. The number of rotatable bonds is 11. The molecule has 196 valence electrons. The van der Waals surface area contributed by atoms with Gasteiger partial charge in [-0.25, -0.2) is 9.79 Å². The molecule has 0 spiro atoms. The van der Waals surface area contributed by atoms with Gasteiger partial charge in [-0.2, -0.15) is 0 Å². The Morgan fingerprint density at radius 3 is 2.53 bits per heavy atom. The highest BCUT2D eigenvalue weighted by Gasteiger charge is 2.55. The Morgan fingerprint density at radius 1 is 1.13 bits per heavy atom. The van der Waals surface area contributed by atoms with Crippen molar-refractivity contribution in [1.29, 1.82) is 0 Å². The van der Waals surface area contributed by atoms with Crippen molar-refractivity contribution in [3.05, 3.63) is 110 Å². The van der Waals surface area contributed by atoms with Gasteiger partial charge < -0.3 is 19.3 Å². The lowest BCUT2D eigenvalue weighted by Gasteiger charge is -2.30. The number of aliphatic hydroxyl groups excluding tert-OH is 1. The highest BCUT2D eigenvalue weighted by Crippen LogP contribution is 2.45. The SMILES string of the molecule is COC(=O)[C@]1(Cc2ccccc2CN=[N+]=[N-])N=C(c2ccc(OCCCO)cc2)O[C@@H]1c1ccccc1Br. The molecule has 1 aliphatic heterocycles. The van der Waals surface area contributed by atoms with Crippen LogP contribution in [-0.2, 0) is 27.2 Å². The van der Waals surface area contributed by atoms with Gasteiger partial charge in [-0.1, -0.05) is 63.5 Å². The molecule has 3 aromatic carbocycles. The van der Waals surface area contributed by atoms with E-state index in [9.17, 15) is 4.79 Å². The minimum atomic E-state index is -1.45. The van der Waals surface area contributed by atoms with E-state index in [2.05, 4.69) is 26.0 Å². The Hall–Kier alpha value is -3.85. The number of azide groups is 1. The largest absolute Gasteiger partial charge is 0.494 e. The molecule has 1 heterocycles. The van der Waals surface area contributed by atoms with Crippen LogP contribution in [0, 0.1) is 0 Å². The predicted molar refractivity (Wildman–Crippen MR) is 146 cm³/mol. The van der Waals surface area contributed by atoms with Gasteiger partial charge in [-0.05, 0) is 47.0 Å². The van der Waals surface area contributed by atoms with E-state index in [0.717, 1.165) is 21.2 Å². The second-order valence-corrected chi connectivity index (χ2v) is 9.49. The monoisotopic (exact) mass is 578 g/mol. The zero-order chi connectivity index (χ0) is 27.0. The first kappa shape index (κ1) is 27.2. The first-order valence-electron chi connectivity index (χ1n) is 12.0. The van der Waals surface area contributed by atoms with Crippen LogP contribution in [0.25, 0.3) is 10.4 Å². The molecule has 0 aliphatic carbocycles.